The first-order chi connectivity index (χ1) is 11.5. The Kier molecular flexibility index (Phi) is 7.45. The Morgan fingerprint density at radius 3 is 2.38 bits per heavy atom. The SMILES string of the molecule is COCC(N)C(=O)N1CCN(CC(=O)N(C)C2CCCCC2)CC1. The van der Waals surface area contributed by atoms with Crippen LogP contribution in [-0.2, 0) is 14.3 Å². The van der Waals surface area contributed by atoms with Gasteiger partial charge >= 0.3 is 0 Å². The molecule has 0 aromatic heterocycles. The van der Waals surface area contributed by atoms with Crippen molar-refractivity contribution in [3.05, 3.63) is 0 Å². The van der Waals surface area contributed by atoms with Crippen LogP contribution in [0, 0.1) is 0 Å². The Morgan fingerprint density at radius 1 is 1.17 bits per heavy atom. The molecule has 1 unspecified atom stereocenters. The van der Waals surface area contributed by atoms with Crippen molar-refractivity contribution >= 4 is 11.8 Å². The van der Waals surface area contributed by atoms with E-state index >= 15 is 0 Å². The number of likely N-dealkylation sites (N-methyl/N-ethyl adjacent to an activating group) is 1. The third-order valence-corrected chi connectivity index (χ3v) is 5.22. The van der Waals surface area contributed by atoms with Crippen LogP contribution in [0.15, 0.2) is 0 Å². The summed E-state index contributed by atoms with van der Waals surface area (Å²) in [7, 11) is 3.47. The van der Waals surface area contributed by atoms with Gasteiger partial charge in [-0.15, -0.1) is 0 Å². The second-order valence-corrected chi connectivity index (χ2v) is 6.96. The molecule has 1 saturated carbocycles. The normalized spacial score (nSPS) is 21.5. The lowest BCUT2D eigenvalue weighted by Gasteiger charge is -2.37. The molecule has 0 aromatic rings. The molecule has 138 valence electrons. The van der Waals surface area contributed by atoms with Crippen molar-refractivity contribution in [3.63, 3.8) is 0 Å². The van der Waals surface area contributed by atoms with Gasteiger partial charge in [0.25, 0.3) is 0 Å². The van der Waals surface area contributed by atoms with Crippen molar-refractivity contribution in [2.45, 2.75) is 44.2 Å². The second-order valence-electron chi connectivity index (χ2n) is 6.96. The summed E-state index contributed by atoms with van der Waals surface area (Å²) >= 11 is 0. The Balaban J connectivity index is 1.74. The van der Waals surface area contributed by atoms with Crippen LogP contribution < -0.4 is 5.73 Å². The number of hydrogen-bond donors (Lipinski definition) is 1. The smallest absolute Gasteiger partial charge is 0.241 e. The number of nitrogens with two attached hydrogens (primary N) is 1. The van der Waals surface area contributed by atoms with E-state index in [0.717, 1.165) is 25.9 Å². The number of ether oxygens (including phenoxy) is 1. The van der Waals surface area contributed by atoms with Crippen LogP contribution >= 0.6 is 0 Å². The van der Waals surface area contributed by atoms with Crippen molar-refractivity contribution in [1.82, 2.24) is 14.7 Å². The van der Waals surface area contributed by atoms with Gasteiger partial charge in [0.15, 0.2) is 0 Å². The summed E-state index contributed by atoms with van der Waals surface area (Å²) in [6.07, 6.45) is 6.00. The Labute approximate surface area is 145 Å². The fraction of sp³-hybridized carbons (Fsp3) is 0.882. The van der Waals surface area contributed by atoms with Gasteiger partial charge in [0.05, 0.1) is 13.2 Å². The van der Waals surface area contributed by atoms with Crippen LogP contribution in [0.5, 0.6) is 0 Å². The van der Waals surface area contributed by atoms with Gasteiger partial charge < -0.3 is 20.3 Å². The van der Waals surface area contributed by atoms with E-state index in [1.165, 1.54) is 19.3 Å². The lowest BCUT2D eigenvalue weighted by molar-refractivity contribution is -0.137. The van der Waals surface area contributed by atoms with Gasteiger partial charge in [-0.25, -0.2) is 0 Å². The number of amides is 2. The minimum atomic E-state index is -0.597. The third-order valence-electron chi connectivity index (χ3n) is 5.22. The van der Waals surface area contributed by atoms with E-state index in [-0.39, 0.29) is 18.4 Å². The standard InChI is InChI=1S/C17H32N4O3/c1-19(14-6-4-3-5-7-14)16(22)12-20-8-10-21(11-9-20)17(23)15(18)13-24-2/h14-15H,3-13,18H2,1-2H3. The van der Waals surface area contributed by atoms with Crippen molar-refractivity contribution in [3.8, 4) is 0 Å². The molecular weight excluding hydrogens is 308 g/mol. The quantitative estimate of drug-likeness (QED) is 0.730. The zero-order chi connectivity index (χ0) is 17.5. The van der Waals surface area contributed by atoms with Crippen LogP contribution in [-0.4, -0.2) is 92.1 Å². The topological polar surface area (TPSA) is 79.1 Å². The monoisotopic (exact) mass is 340 g/mol. The summed E-state index contributed by atoms with van der Waals surface area (Å²) in [4.78, 5) is 30.5. The van der Waals surface area contributed by atoms with Crippen LogP contribution in [0.3, 0.4) is 0 Å². The van der Waals surface area contributed by atoms with Crippen molar-refractivity contribution in [2.24, 2.45) is 5.73 Å². The van der Waals surface area contributed by atoms with Crippen LogP contribution in [0.1, 0.15) is 32.1 Å². The zero-order valence-electron chi connectivity index (χ0n) is 15.1. The summed E-state index contributed by atoms with van der Waals surface area (Å²) in [5.74, 6) is 0.125. The van der Waals surface area contributed by atoms with E-state index in [0.29, 0.717) is 25.7 Å². The summed E-state index contributed by atoms with van der Waals surface area (Å²) in [5, 5.41) is 0. The minimum Gasteiger partial charge on any atom is -0.383 e. The molecule has 2 fully saturated rings. The first kappa shape index (κ1) is 19.1. The van der Waals surface area contributed by atoms with Crippen molar-refractivity contribution < 1.29 is 14.3 Å². The largest absolute Gasteiger partial charge is 0.383 e. The Hall–Kier alpha value is -1.18. The van der Waals surface area contributed by atoms with Crippen molar-refractivity contribution in [1.29, 1.82) is 0 Å². The van der Waals surface area contributed by atoms with E-state index in [1.807, 2.05) is 11.9 Å². The number of carbonyl (C=O) groups excluding carboxylic acids is 2. The molecule has 7 heteroatoms. The van der Waals surface area contributed by atoms with E-state index in [2.05, 4.69) is 4.90 Å². The predicted octanol–water partition coefficient (Wildman–Crippen LogP) is -0.105. The van der Waals surface area contributed by atoms with E-state index in [1.54, 1.807) is 12.0 Å². The average molecular weight is 340 g/mol. The van der Waals surface area contributed by atoms with Crippen LogP contribution in [0.4, 0.5) is 0 Å². The van der Waals surface area contributed by atoms with E-state index < -0.39 is 6.04 Å². The number of methoxy groups -OCH3 is 1. The molecule has 2 amide bonds. The van der Waals surface area contributed by atoms with Gasteiger partial charge in [-0.2, -0.15) is 0 Å². The Morgan fingerprint density at radius 2 is 1.79 bits per heavy atom. The molecule has 0 radical (unpaired) electrons. The maximum absolute atomic E-state index is 12.5. The lowest BCUT2D eigenvalue weighted by Crippen LogP contribution is -2.55. The molecule has 2 N–H and O–H groups in total. The molecule has 1 atom stereocenters. The molecule has 1 saturated heterocycles. The molecule has 0 aromatic carbocycles. The highest BCUT2D eigenvalue weighted by Crippen LogP contribution is 2.21. The molecule has 1 aliphatic carbocycles. The van der Waals surface area contributed by atoms with Gasteiger partial charge in [-0.1, -0.05) is 19.3 Å². The fourth-order valence-electron chi connectivity index (χ4n) is 3.59. The molecule has 1 aliphatic heterocycles. The van der Waals surface area contributed by atoms with E-state index in [4.69, 9.17) is 10.5 Å². The molecule has 2 rings (SSSR count). The highest BCUT2D eigenvalue weighted by Gasteiger charge is 2.28. The molecule has 2 aliphatic rings. The number of nitrogens with zero attached hydrogens (tertiary/aromatic N) is 3. The number of carbonyl (C=O) groups is 2. The first-order valence-electron chi connectivity index (χ1n) is 9.04. The molecule has 0 bridgehead atoms. The number of rotatable bonds is 6. The summed E-state index contributed by atoms with van der Waals surface area (Å²) in [5.41, 5.74) is 5.81. The van der Waals surface area contributed by atoms with E-state index in [9.17, 15) is 9.59 Å². The van der Waals surface area contributed by atoms with Crippen molar-refractivity contribution in [2.75, 3.05) is 53.5 Å². The molecule has 7 nitrogen and oxygen atoms in total. The van der Waals surface area contributed by atoms with Crippen LogP contribution in [0.2, 0.25) is 0 Å². The summed E-state index contributed by atoms with van der Waals surface area (Å²) in [6.45, 7) is 3.36. The van der Waals surface area contributed by atoms with Gasteiger partial charge in [-0.3, -0.25) is 14.5 Å². The van der Waals surface area contributed by atoms with Gasteiger partial charge in [0.1, 0.15) is 6.04 Å². The third kappa shape index (κ3) is 5.16. The highest BCUT2D eigenvalue weighted by atomic mass is 16.5. The molecule has 24 heavy (non-hydrogen) atoms. The molecular formula is C17H32N4O3. The maximum atomic E-state index is 12.5. The molecule has 0 spiro atoms. The number of hydrogen-bond acceptors (Lipinski definition) is 5. The predicted molar refractivity (Wildman–Crippen MR) is 92.5 cm³/mol. The fourth-order valence-corrected chi connectivity index (χ4v) is 3.59. The van der Waals surface area contributed by atoms with Crippen LogP contribution in [0.25, 0.3) is 0 Å². The van der Waals surface area contributed by atoms with Gasteiger partial charge in [0.2, 0.25) is 11.8 Å². The van der Waals surface area contributed by atoms with Gasteiger partial charge in [0, 0.05) is 46.4 Å². The molecule has 1 heterocycles. The second kappa shape index (κ2) is 9.34. The van der Waals surface area contributed by atoms with Gasteiger partial charge in [-0.05, 0) is 12.8 Å². The minimum absolute atomic E-state index is 0.0675. The lowest BCUT2D eigenvalue weighted by atomic mass is 9.94. The highest BCUT2D eigenvalue weighted by molar-refractivity contribution is 5.82. The number of piperazine rings is 1. The zero-order valence-corrected chi connectivity index (χ0v) is 15.1. The maximum Gasteiger partial charge on any atom is 0.241 e. The first-order valence-corrected chi connectivity index (χ1v) is 9.04. The average Bonchev–Trinajstić information content (AvgIpc) is 2.62. The summed E-state index contributed by atoms with van der Waals surface area (Å²) in [6, 6.07) is -0.193. The Bertz CT molecular complexity index is 418. The summed E-state index contributed by atoms with van der Waals surface area (Å²) < 4.78 is 4.94.